The van der Waals surface area contributed by atoms with Gasteiger partial charge >= 0.3 is 6.09 Å². The van der Waals surface area contributed by atoms with E-state index < -0.39 is 17.4 Å². The lowest BCUT2D eigenvalue weighted by Crippen LogP contribution is -2.47. The highest BCUT2D eigenvalue weighted by Crippen LogP contribution is 2.42. The number of fused-ring (bicyclic) bond motifs is 3. The molecule has 1 atom stereocenters. The lowest BCUT2D eigenvalue weighted by Gasteiger charge is -2.39. The fourth-order valence-electron chi connectivity index (χ4n) is 6.40. The van der Waals surface area contributed by atoms with Crippen molar-refractivity contribution in [1.29, 1.82) is 0 Å². The summed E-state index contributed by atoms with van der Waals surface area (Å²) < 4.78 is 0. The molecular weight excluding hydrogens is 460 g/mol. The molecular formula is C26H30N6O4. The SMILES string of the molecule is NC(=O)c1cnc(N2CCCC3(CCNC3=O)C2)c2c1[nH]c1ccc(C3CCN(C(=O)O)CC3)cc12. The number of carboxylic acid groups (broad SMARTS) is 1. The summed E-state index contributed by atoms with van der Waals surface area (Å²) in [6.07, 6.45) is 4.77. The standard InChI is InChI=1S/C26H30N6O4/c27-22(33)18-13-29-23(32-9-1-6-26(14-32)7-8-28-24(26)34)20-17-12-16(2-3-19(17)30-21(18)20)15-4-10-31(11-5-15)25(35)36/h2-3,12-13,15,30H,1,4-11,14H2,(H2,27,33)(H,28,34)(H,35,36). The van der Waals surface area contributed by atoms with Gasteiger partial charge < -0.3 is 30.9 Å². The molecule has 3 aromatic rings. The zero-order chi connectivity index (χ0) is 25.0. The zero-order valence-corrected chi connectivity index (χ0v) is 20.0. The number of nitrogens with two attached hydrogens (primary N) is 1. The van der Waals surface area contributed by atoms with Crippen molar-refractivity contribution in [3.05, 3.63) is 35.5 Å². The number of amides is 3. The van der Waals surface area contributed by atoms with Crippen molar-refractivity contribution in [1.82, 2.24) is 20.2 Å². The van der Waals surface area contributed by atoms with Crippen LogP contribution in [-0.2, 0) is 4.79 Å². The van der Waals surface area contributed by atoms with Crippen LogP contribution in [0.25, 0.3) is 21.8 Å². The number of nitrogens with one attached hydrogen (secondary N) is 2. The molecule has 188 valence electrons. The van der Waals surface area contributed by atoms with Crippen LogP contribution in [0.2, 0.25) is 0 Å². The molecule has 0 saturated carbocycles. The molecule has 3 amide bonds. The van der Waals surface area contributed by atoms with E-state index in [0.29, 0.717) is 37.3 Å². The summed E-state index contributed by atoms with van der Waals surface area (Å²) in [5.74, 6) is 0.590. The first kappa shape index (κ1) is 22.6. The van der Waals surface area contributed by atoms with Gasteiger partial charge in [-0.05, 0) is 55.7 Å². The Morgan fingerprint density at radius 2 is 1.97 bits per heavy atom. The van der Waals surface area contributed by atoms with Crippen LogP contribution >= 0.6 is 0 Å². The van der Waals surface area contributed by atoms with Crippen LogP contribution in [0, 0.1) is 5.41 Å². The van der Waals surface area contributed by atoms with E-state index in [0.717, 1.165) is 66.3 Å². The van der Waals surface area contributed by atoms with Crippen molar-refractivity contribution >= 4 is 45.5 Å². The molecule has 0 radical (unpaired) electrons. The molecule has 3 aliphatic heterocycles. The molecule has 3 fully saturated rings. The van der Waals surface area contributed by atoms with E-state index in [9.17, 15) is 19.5 Å². The monoisotopic (exact) mass is 490 g/mol. The second-order valence-corrected chi connectivity index (χ2v) is 10.4. The van der Waals surface area contributed by atoms with Crippen LogP contribution in [0.3, 0.4) is 0 Å². The number of hydrogen-bond donors (Lipinski definition) is 4. The minimum absolute atomic E-state index is 0.117. The van der Waals surface area contributed by atoms with Crippen molar-refractivity contribution in [2.24, 2.45) is 11.1 Å². The minimum Gasteiger partial charge on any atom is -0.465 e. The summed E-state index contributed by atoms with van der Waals surface area (Å²) >= 11 is 0. The predicted octanol–water partition coefficient (Wildman–Crippen LogP) is 2.78. The van der Waals surface area contributed by atoms with Crippen molar-refractivity contribution in [2.45, 2.75) is 38.0 Å². The van der Waals surface area contributed by atoms with E-state index in [1.807, 2.05) is 6.07 Å². The Balaban J connectivity index is 1.44. The van der Waals surface area contributed by atoms with E-state index in [-0.39, 0.29) is 11.8 Å². The van der Waals surface area contributed by atoms with Crippen LogP contribution in [-0.4, -0.2) is 70.6 Å². The van der Waals surface area contributed by atoms with Gasteiger partial charge in [0.25, 0.3) is 5.91 Å². The van der Waals surface area contributed by atoms with Gasteiger partial charge in [0.2, 0.25) is 5.91 Å². The second kappa shape index (κ2) is 8.39. The molecule has 1 spiro atoms. The maximum atomic E-state index is 12.7. The number of likely N-dealkylation sites (tertiary alicyclic amines) is 1. The third-order valence-corrected chi connectivity index (χ3v) is 8.38. The molecule has 2 aromatic heterocycles. The molecule has 5 heterocycles. The summed E-state index contributed by atoms with van der Waals surface area (Å²) in [6.45, 7) is 3.11. The number of primary amides is 1. The molecule has 5 N–H and O–H groups in total. The number of nitrogens with zero attached hydrogens (tertiary/aromatic N) is 3. The minimum atomic E-state index is -0.870. The number of H-pyrrole nitrogens is 1. The normalized spacial score (nSPS) is 23.1. The molecule has 0 aliphatic carbocycles. The second-order valence-electron chi connectivity index (χ2n) is 10.4. The third kappa shape index (κ3) is 3.54. The number of carbonyl (C=O) groups excluding carboxylic acids is 2. The number of rotatable bonds is 3. The van der Waals surface area contributed by atoms with Gasteiger partial charge in [0.15, 0.2) is 0 Å². The maximum Gasteiger partial charge on any atom is 0.407 e. The highest BCUT2D eigenvalue weighted by Gasteiger charge is 2.45. The zero-order valence-electron chi connectivity index (χ0n) is 20.0. The van der Waals surface area contributed by atoms with Crippen molar-refractivity contribution < 1.29 is 19.5 Å². The number of carbonyl (C=O) groups is 3. The molecule has 10 heteroatoms. The first-order chi connectivity index (χ1) is 17.4. The first-order valence-electron chi connectivity index (χ1n) is 12.6. The van der Waals surface area contributed by atoms with E-state index in [2.05, 4.69) is 27.3 Å². The number of hydrogen-bond acceptors (Lipinski definition) is 5. The summed E-state index contributed by atoms with van der Waals surface area (Å²) in [5.41, 5.74) is 8.35. The van der Waals surface area contributed by atoms with Crippen molar-refractivity contribution in [2.75, 3.05) is 37.6 Å². The lowest BCUT2D eigenvalue weighted by molar-refractivity contribution is -0.128. The Morgan fingerprint density at radius 1 is 1.17 bits per heavy atom. The van der Waals surface area contributed by atoms with Gasteiger partial charge in [-0.25, -0.2) is 9.78 Å². The van der Waals surface area contributed by atoms with E-state index in [1.165, 1.54) is 11.1 Å². The number of aromatic amines is 1. The Bertz CT molecular complexity index is 1390. The van der Waals surface area contributed by atoms with E-state index in [1.54, 1.807) is 0 Å². The predicted molar refractivity (Wildman–Crippen MR) is 135 cm³/mol. The van der Waals surface area contributed by atoms with Crippen LogP contribution in [0.15, 0.2) is 24.4 Å². The van der Waals surface area contributed by atoms with Gasteiger partial charge in [-0.1, -0.05) is 6.07 Å². The smallest absolute Gasteiger partial charge is 0.407 e. The fourth-order valence-corrected chi connectivity index (χ4v) is 6.40. The summed E-state index contributed by atoms with van der Waals surface area (Å²) in [4.78, 5) is 48.1. The van der Waals surface area contributed by atoms with Gasteiger partial charge in [-0.15, -0.1) is 0 Å². The van der Waals surface area contributed by atoms with Crippen LogP contribution in [0.5, 0.6) is 0 Å². The largest absolute Gasteiger partial charge is 0.465 e. The maximum absolute atomic E-state index is 12.7. The Morgan fingerprint density at radius 3 is 2.67 bits per heavy atom. The topological polar surface area (TPSA) is 145 Å². The average molecular weight is 491 g/mol. The van der Waals surface area contributed by atoms with Gasteiger partial charge in [0.1, 0.15) is 5.82 Å². The van der Waals surface area contributed by atoms with Crippen molar-refractivity contribution in [3.63, 3.8) is 0 Å². The number of benzene rings is 1. The van der Waals surface area contributed by atoms with Gasteiger partial charge in [-0.3, -0.25) is 9.59 Å². The molecule has 36 heavy (non-hydrogen) atoms. The van der Waals surface area contributed by atoms with Crippen LogP contribution < -0.4 is 16.0 Å². The molecule has 1 unspecified atom stereocenters. The Kier molecular flexibility index (Phi) is 5.27. The number of anilines is 1. The number of aromatic nitrogens is 2. The van der Waals surface area contributed by atoms with Gasteiger partial charge in [0.05, 0.1) is 21.9 Å². The first-order valence-corrected chi connectivity index (χ1v) is 12.6. The number of pyridine rings is 1. The third-order valence-electron chi connectivity index (χ3n) is 8.38. The molecule has 3 aliphatic rings. The Hall–Kier alpha value is -3.82. The molecule has 0 bridgehead atoms. The average Bonchev–Trinajstić information content (AvgIpc) is 3.43. The molecule has 3 saturated heterocycles. The summed E-state index contributed by atoms with van der Waals surface area (Å²) in [7, 11) is 0. The van der Waals surface area contributed by atoms with E-state index in [4.69, 9.17) is 10.7 Å². The van der Waals surface area contributed by atoms with Crippen molar-refractivity contribution in [3.8, 4) is 0 Å². The quantitative estimate of drug-likeness (QED) is 0.444. The Labute approximate surface area is 207 Å². The summed E-state index contributed by atoms with van der Waals surface area (Å²) in [6, 6.07) is 6.24. The number of piperidine rings is 2. The van der Waals surface area contributed by atoms with Crippen LogP contribution in [0.1, 0.15) is 53.9 Å². The highest BCUT2D eigenvalue weighted by atomic mass is 16.4. The highest BCUT2D eigenvalue weighted by molar-refractivity contribution is 6.18. The molecule has 6 rings (SSSR count). The van der Waals surface area contributed by atoms with Gasteiger partial charge in [0, 0.05) is 49.8 Å². The van der Waals surface area contributed by atoms with E-state index >= 15 is 0 Å². The fraction of sp³-hybridized carbons (Fsp3) is 0.462. The lowest BCUT2D eigenvalue weighted by atomic mass is 9.78. The summed E-state index contributed by atoms with van der Waals surface area (Å²) in [5, 5.41) is 14.1. The van der Waals surface area contributed by atoms with Gasteiger partial charge in [-0.2, -0.15) is 0 Å². The van der Waals surface area contributed by atoms with Crippen LogP contribution in [0.4, 0.5) is 10.6 Å². The molecule has 10 nitrogen and oxygen atoms in total. The molecule has 1 aromatic carbocycles.